The average molecular weight is 306 g/mol. The lowest BCUT2D eigenvalue weighted by Gasteiger charge is -2.21. The Morgan fingerprint density at radius 3 is 2.70 bits per heavy atom. The molecule has 0 bridgehead atoms. The molecule has 1 aromatic rings. The van der Waals surface area contributed by atoms with Crippen molar-refractivity contribution < 1.29 is 21.9 Å². The summed E-state index contributed by atoms with van der Waals surface area (Å²) < 4.78 is 55.3. The number of ether oxygens (including phenoxy) is 1. The molecule has 0 atom stereocenters. The highest BCUT2D eigenvalue weighted by molar-refractivity contribution is 7.89. The van der Waals surface area contributed by atoms with Gasteiger partial charge in [-0.15, -0.1) is 0 Å². The van der Waals surface area contributed by atoms with Crippen molar-refractivity contribution >= 4 is 10.0 Å². The second kappa shape index (κ2) is 6.47. The van der Waals surface area contributed by atoms with Crippen LogP contribution in [-0.2, 0) is 10.0 Å². The third-order valence-electron chi connectivity index (χ3n) is 2.98. The summed E-state index contributed by atoms with van der Waals surface area (Å²) in [6.07, 6.45) is 0.678. The molecule has 0 aliphatic carbocycles. The molecule has 0 amide bonds. The van der Waals surface area contributed by atoms with Crippen molar-refractivity contribution in [3.63, 3.8) is 0 Å². The van der Waals surface area contributed by atoms with E-state index in [4.69, 9.17) is 0 Å². The zero-order valence-electron chi connectivity index (χ0n) is 10.8. The molecule has 1 aromatic carbocycles. The van der Waals surface area contributed by atoms with Crippen molar-refractivity contribution in [3.8, 4) is 5.75 Å². The fourth-order valence-electron chi connectivity index (χ4n) is 2.06. The molecule has 1 N–H and O–H groups in total. The molecule has 0 radical (unpaired) electrons. The molecular formula is C12H16F2N2O3S. The van der Waals surface area contributed by atoms with Crippen LogP contribution in [0.25, 0.3) is 0 Å². The summed E-state index contributed by atoms with van der Waals surface area (Å²) in [7, 11) is -3.83. The van der Waals surface area contributed by atoms with Crippen molar-refractivity contribution in [1.82, 2.24) is 9.62 Å². The van der Waals surface area contributed by atoms with Crippen LogP contribution in [0.1, 0.15) is 6.42 Å². The Morgan fingerprint density at radius 2 is 1.95 bits per heavy atom. The van der Waals surface area contributed by atoms with Crippen LogP contribution >= 0.6 is 0 Å². The summed E-state index contributed by atoms with van der Waals surface area (Å²) in [6, 6.07) is 5.46. The van der Waals surface area contributed by atoms with E-state index in [0.29, 0.717) is 26.1 Å². The van der Waals surface area contributed by atoms with Crippen LogP contribution in [0.15, 0.2) is 29.2 Å². The SMILES string of the molecule is O=S(=O)(c1ccccc1OC(F)F)N1CCCNCC1. The zero-order chi connectivity index (χ0) is 14.6. The van der Waals surface area contributed by atoms with Crippen LogP contribution in [0.5, 0.6) is 5.75 Å². The Morgan fingerprint density at radius 1 is 1.20 bits per heavy atom. The van der Waals surface area contributed by atoms with Gasteiger partial charge in [-0.3, -0.25) is 0 Å². The zero-order valence-corrected chi connectivity index (χ0v) is 11.6. The van der Waals surface area contributed by atoms with E-state index in [1.807, 2.05) is 0 Å². The van der Waals surface area contributed by atoms with Crippen molar-refractivity contribution in [2.24, 2.45) is 0 Å². The van der Waals surface area contributed by atoms with Gasteiger partial charge < -0.3 is 10.1 Å². The third kappa shape index (κ3) is 3.44. The average Bonchev–Trinajstić information content (AvgIpc) is 2.67. The second-order valence-corrected chi connectivity index (χ2v) is 6.24. The first kappa shape index (κ1) is 15.1. The van der Waals surface area contributed by atoms with Gasteiger partial charge in [0.15, 0.2) is 0 Å². The van der Waals surface area contributed by atoms with Gasteiger partial charge >= 0.3 is 6.61 Å². The maximum absolute atomic E-state index is 12.5. The van der Waals surface area contributed by atoms with Crippen LogP contribution in [0.2, 0.25) is 0 Å². The summed E-state index contributed by atoms with van der Waals surface area (Å²) in [5, 5.41) is 3.09. The van der Waals surface area contributed by atoms with E-state index in [2.05, 4.69) is 10.1 Å². The molecular weight excluding hydrogens is 290 g/mol. The smallest absolute Gasteiger partial charge is 0.387 e. The molecule has 0 spiro atoms. The van der Waals surface area contributed by atoms with E-state index >= 15 is 0 Å². The van der Waals surface area contributed by atoms with Gasteiger partial charge in [0.1, 0.15) is 10.6 Å². The van der Waals surface area contributed by atoms with Crippen LogP contribution in [-0.4, -0.2) is 45.5 Å². The number of hydrogen-bond donors (Lipinski definition) is 1. The second-order valence-electron chi connectivity index (χ2n) is 4.33. The number of sulfonamides is 1. The molecule has 1 aliphatic heterocycles. The van der Waals surface area contributed by atoms with Crippen molar-refractivity contribution in [1.29, 1.82) is 0 Å². The molecule has 20 heavy (non-hydrogen) atoms. The number of nitrogens with one attached hydrogen (secondary N) is 1. The van der Waals surface area contributed by atoms with Gasteiger partial charge in [-0.05, 0) is 25.1 Å². The Kier molecular flexibility index (Phi) is 4.90. The molecule has 1 saturated heterocycles. The van der Waals surface area contributed by atoms with Crippen LogP contribution < -0.4 is 10.1 Å². The van der Waals surface area contributed by atoms with Gasteiger partial charge in [0, 0.05) is 19.6 Å². The van der Waals surface area contributed by atoms with Gasteiger partial charge in [-0.25, -0.2) is 8.42 Å². The quantitative estimate of drug-likeness (QED) is 0.910. The number of benzene rings is 1. The van der Waals surface area contributed by atoms with Crippen LogP contribution in [0.3, 0.4) is 0 Å². The summed E-state index contributed by atoms with van der Waals surface area (Å²) in [5.41, 5.74) is 0. The lowest BCUT2D eigenvalue weighted by Crippen LogP contribution is -2.34. The first-order valence-corrected chi connectivity index (χ1v) is 7.70. The number of alkyl halides is 2. The third-order valence-corrected chi connectivity index (χ3v) is 4.92. The van der Waals surface area contributed by atoms with E-state index in [9.17, 15) is 17.2 Å². The number of hydrogen-bond acceptors (Lipinski definition) is 4. The fourth-order valence-corrected chi connectivity index (χ4v) is 3.66. The summed E-state index contributed by atoms with van der Waals surface area (Å²) >= 11 is 0. The highest BCUT2D eigenvalue weighted by Gasteiger charge is 2.28. The number of halogens is 2. The minimum absolute atomic E-state index is 0.220. The van der Waals surface area contributed by atoms with E-state index in [1.165, 1.54) is 28.6 Å². The lowest BCUT2D eigenvalue weighted by molar-refractivity contribution is -0.0517. The maximum Gasteiger partial charge on any atom is 0.387 e. The van der Waals surface area contributed by atoms with E-state index in [-0.39, 0.29) is 10.6 Å². The van der Waals surface area contributed by atoms with Gasteiger partial charge in [0.2, 0.25) is 10.0 Å². The first-order valence-electron chi connectivity index (χ1n) is 6.26. The van der Waals surface area contributed by atoms with Gasteiger partial charge in [0.05, 0.1) is 0 Å². The van der Waals surface area contributed by atoms with E-state index in [0.717, 1.165) is 6.54 Å². The fraction of sp³-hybridized carbons (Fsp3) is 0.500. The highest BCUT2D eigenvalue weighted by Crippen LogP contribution is 2.28. The highest BCUT2D eigenvalue weighted by atomic mass is 32.2. The number of nitrogens with zero attached hydrogens (tertiary/aromatic N) is 1. The molecule has 0 saturated carbocycles. The monoisotopic (exact) mass is 306 g/mol. The van der Waals surface area contributed by atoms with Crippen LogP contribution in [0, 0.1) is 0 Å². The van der Waals surface area contributed by atoms with E-state index < -0.39 is 16.6 Å². The van der Waals surface area contributed by atoms with E-state index in [1.54, 1.807) is 0 Å². The van der Waals surface area contributed by atoms with Crippen LogP contribution in [0.4, 0.5) is 8.78 Å². The molecule has 1 fully saturated rings. The standard InChI is InChI=1S/C12H16F2N2O3S/c13-12(14)19-10-4-1-2-5-11(10)20(17,18)16-8-3-6-15-7-9-16/h1-2,4-5,12,15H,3,6-9H2. The predicted octanol–water partition coefficient (Wildman–Crippen LogP) is 1.27. The molecule has 1 heterocycles. The van der Waals surface area contributed by atoms with Crippen molar-refractivity contribution in [2.75, 3.05) is 26.2 Å². The minimum atomic E-state index is -3.83. The van der Waals surface area contributed by atoms with Gasteiger partial charge in [0.25, 0.3) is 0 Å². The largest absolute Gasteiger partial charge is 0.433 e. The summed E-state index contributed by atoms with van der Waals surface area (Å²) in [4.78, 5) is -0.220. The maximum atomic E-state index is 12.5. The molecule has 2 rings (SSSR count). The molecule has 0 aromatic heterocycles. The number of rotatable bonds is 4. The number of para-hydroxylation sites is 1. The Labute approximate surface area is 116 Å². The Hall–Kier alpha value is -1.25. The van der Waals surface area contributed by atoms with Gasteiger partial charge in [-0.1, -0.05) is 12.1 Å². The topological polar surface area (TPSA) is 58.6 Å². The minimum Gasteiger partial charge on any atom is -0.433 e. The summed E-state index contributed by atoms with van der Waals surface area (Å²) in [5.74, 6) is -0.320. The summed E-state index contributed by atoms with van der Waals surface area (Å²) in [6.45, 7) is -1.11. The molecule has 1 aliphatic rings. The molecule has 0 unspecified atom stereocenters. The molecule has 5 nitrogen and oxygen atoms in total. The van der Waals surface area contributed by atoms with Crippen molar-refractivity contribution in [3.05, 3.63) is 24.3 Å². The predicted molar refractivity (Wildman–Crippen MR) is 69.3 cm³/mol. The Bertz CT molecular complexity index is 543. The Balaban J connectivity index is 2.33. The normalized spacial score (nSPS) is 17.9. The van der Waals surface area contributed by atoms with Crippen molar-refractivity contribution in [2.45, 2.75) is 17.9 Å². The lowest BCUT2D eigenvalue weighted by atomic mass is 10.3. The first-order chi connectivity index (χ1) is 9.51. The molecule has 8 heteroatoms. The molecule has 112 valence electrons. The van der Waals surface area contributed by atoms with Gasteiger partial charge in [-0.2, -0.15) is 13.1 Å².